The van der Waals surface area contributed by atoms with Gasteiger partial charge in [0.2, 0.25) is 0 Å². The van der Waals surface area contributed by atoms with Crippen LogP contribution in [0.4, 0.5) is 0 Å². The van der Waals surface area contributed by atoms with Gasteiger partial charge in [0.1, 0.15) is 5.75 Å². The number of amides is 1. The number of piperidine rings is 1. The third kappa shape index (κ3) is 4.00. The average molecular weight is 305 g/mol. The number of hydrogen-bond acceptors (Lipinski definition) is 3. The number of likely N-dealkylation sites (tertiary alicyclic amines) is 1. The molecule has 1 aliphatic heterocycles. The van der Waals surface area contributed by atoms with Gasteiger partial charge in [0, 0.05) is 13.1 Å². The molecule has 0 saturated carbocycles. The van der Waals surface area contributed by atoms with Crippen molar-refractivity contribution in [2.45, 2.75) is 26.7 Å². The second kappa shape index (κ2) is 7.29. The minimum Gasteiger partial charge on any atom is -0.484 e. The van der Waals surface area contributed by atoms with Gasteiger partial charge in [0.15, 0.2) is 6.61 Å². The zero-order valence-corrected chi connectivity index (χ0v) is 13.1. The van der Waals surface area contributed by atoms with Gasteiger partial charge in [0.25, 0.3) is 5.91 Å². The van der Waals surface area contributed by atoms with E-state index in [1.165, 1.54) is 5.56 Å². The van der Waals surface area contributed by atoms with Gasteiger partial charge in [-0.2, -0.15) is 0 Å². The van der Waals surface area contributed by atoms with E-state index < -0.39 is 5.97 Å². The molecule has 22 heavy (non-hydrogen) atoms. The predicted octanol–water partition coefficient (Wildman–Crippen LogP) is 2.20. The molecule has 1 aromatic rings. The Bertz CT molecular complexity index is 526. The Morgan fingerprint density at radius 3 is 2.55 bits per heavy atom. The van der Waals surface area contributed by atoms with Crippen LogP contribution >= 0.6 is 0 Å². The zero-order valence-electron chi connectivity index (χ0n) is 13.1. The molecule has 0 radical (unpaired) electrons. The van der Waals surface area contributed by atoms with Gasteiger partial charge in [-0.05, 0) is 36.5 Å². The summed E-state index contributed by atoms with van der Waals surface area (Å²) < 4.78 is 5.52. The quantitative estimate of drug-likeness (QED) is 0.905. The first kappa shape index (κ1) is 16.3. The molecule has 1 saturated heterocycles. The van der Waals surface area contributed by atoms with E-state index in [0.717, 1.165) is 6.42 Å². The van der Waals surface area contributed by atoms with Crippen molar-refractivity contribution in [2.24, 2.45) is 11.8 Å². The lowest BCUT2D eigenvalue weighted by atomic mass is 9.87. The van der Waals surface area contributed by atoms with Gasteiger partial charge in [-0.25, -0.2) is 0 Å². The second-order valence-corrected chi connectivity index (χ2v) is 5.84. The zero-order chi connectivity index (χ0) is 16.1. The molecular formula is C17H23NO4. The fourth-order valence-corrected chi connectivity index (χ4v) is 2.80. The summed E-state index contributed by atoms with van der Waals surface area (Å²) in [5.74, 6) is -0.563. The lowest BCUT2D eigenvalue weighted by molar-refractivity contribution is -0.148. The Balaban J connectivity index is 1.83. The van der Waals surface area contributed by atoms with Crippen molar-refractivity contribution < 1.29 is 19.4 Å². The first-order chi connectivity index (χ1) is 10.5. The van der Waals surface area contributed by atoms with E-state index in [1.54, 1.807) is 4.90 Å². The van der Waals surface area contributed by atoms with Crippen LogP contribution in [0.5, 0.6) is 5.75 Å². The fourth-order valence-electron chi connectivity index (χ4n) is 2.80. The second-order valence-electron chi connectivity index (χ2n) is 5.84. The maximum Gasteiger partial charge on any atom is 0.306 e. The molecule has 1 amide bonds. The number of hydrogen-bond donors (Lipinski definition) is 1. The Morgan fingerprint density at radius 2 is 2.00 bits per heavy atom. The highest BCUT2D eigenvalue weighted by molar-refractivity contribution is 5.78. The Labute approximate surface area is 130 Å². The van der Waals surface area contributed by atoms with Crippen molar-refractivity contribution in [1.82, 2.24) is 4.90 Å². The normalized spacial score (nSPS) is 21.5. The number of carbonyl (C=O) groups is 2. The molecule has 5 nitrogen and oxygen atoms in total. The van der Waals surface area contributed by atoms with Crippen LogP contribution < -0.4 is 4.74 Å². The largest absolute Gasteiger partial charge is 0.484 e. The fraction of sp³-hybridized carbons (Fsp3) is 0.529. The van der Waals surface area contributed by atoms with E-state index in [9.17, 15) is 9.59 Å². The molecule has 1 heterocycles. The Hall–Kier alpha value is -2.04. The van der Waals surface area contributed by atoms with E-state index in [0.29, 0.717) is 25.3 Å². The number of nitrogens with zero attached hydrogens (tertiary/aromatic N) is 1. The van der Waals surface area contributed by atoms with Crippen LogP contribution in [0, 0.1) is 11.8 Å². The van der Waals surface area contributed by atoms with Gasteiger partial charge in [-0.1, -0.05) is 26.0 Å². The van der Waals surface area contributed by atoms with E-state index >= 15 is 0 Å². The summed E-state index contributed by atoms with van der Waals surface area (Å²) in [6.07, 6.45) is 1.48. The van der Waals surface area contributed by atoms with Crippen LogP contribution in [0.2, 0.25) is 0 Å². The minimum absolute atomic E-state index is 0.00404. The van der Waals surface area contributed by atoms with E-state index in [-0.39, 0.29) is 24.3 Å². The number of benzene rings is 1. The highest BCUT2D eigenvalue weighted by Gasteiger charge is 2.32. The lowest BCUT2D eigenvalue weighted by Crippen LogP contribution is -2.46. The molecule has 2 rings (SSSR count). The van der Waals surface area contributed by atoms with Crippen molar-refractivity contribution in [3.05, 3.63) is 29.8 Å². The van der Waals surface area contributed by atoms with Crippen molar-refractivity contribution in [1.29, 1.82) is 0 Å². The predicted molar refractivity (Wildman–Crippen MR) is 82.8 cm³/mol. The van der Waals surface area contributed by atoms with Crippen molar-refractivity contribution in [3.63, 3.8) is 0 Å². The first-order valence-corrected chi connectivity index (χ1v) is 7.73. The van der Waals surface area contributed by atoms with Crippen LogP contribution in [0.1, 0.15) is 25.8 Å². The highest BCUT2D eigenvalue weighted by Crippen LogP contribution is 2.23. The lowest BCUT2D eigenvalue weighted by Gasteiger charge is -2.34. The molecule has 0 aliphatic carbocycles. The summed E-state index contributed by atoms with van der Waals surface area (Å²) in [5.41, 5.74) is 1.23. The summed E-state index contributed by atoms with van der Waals surface area (Å²) in [4.78, 5) is 24.9. The maximum atomic E-state index is 12.2. The number of rotatable bonds is 5. The molecule has 2 atom stereocenters. The molecule has 1 aliphatic rings. The third-order valence-corrected chi connectivity index (χ3v) is 4.27. The maximum absolute atomic E-state index is 12.2. The summed E-state index contributed by atoms with van der Waals surface area (Å²) in [6.45, 7) is 4.92. The van der Waals surface area contributed by atoms with E-state index in [4.69, 9.17) is 9.84 Å². The number of ether oxygens (including phenoxy) is 1. The van der Waals surface area contributed by atoms with Crippen LogP contribution in [-0.2, 0) is 16.0 Å². The van der Waals surface area contributed by atoms with Crippen LogP contribution in [0.25, 0.3) is 0 Å². The molecule has 1 aromatic carbocycles. The molecule has 0 bridgehead atoms. The molecule has 120 valence electrons. The molecule has 5 heteroatoms. The topological polar surface area (TPSA) is 66.8 Å². The summed E-state index contributed by atoms with van der Waals surface area (Å²) >= 11 is 0. The van der Waals surface area contributed by atoms with E-state index in [1.807, 2.05) is 31.2 Å². The Morgan fingerprint density at radius 1 is 1.32 bits per heavy atom. The first-order valence-electron chi connectivity index (χ1n) is 7.73. The highest BCUT2D eigenvalue weighted by atomic mass is 16.5. The van der Waals surface area contributed by atoms with Gasteiger partial charge in [0.05, 0.1) is 5.92 Å². The summed E-state index contributed by atoms with van der Waals surface area (Å²) in [6, 6.07) is 7.71. The van der Waals surface area contributed by atoms with Gasteiger partial charge in [-0.3, -0.25) is 9.59 Å². The van der Waals surface area contributed by atoms with Gasteiger partial charge >= 0.3 is 5.97 Å². The molecule has 2 unspecified atom stereocenters. The minimum atomic E-state index is -0.771. The summed E-state index contributed by atoms with van der Waals surface area (Å²) in [7, 11) is 0. The monoisotopic (exact) mass is 305 g/mol. The molecule has 0 spiro atoms. The van der Waals surface area contributed by atoms with Crippen LogP contribution in [0.3, 0.4) is 0 Å². The van der Waals surface area contributed by atoms with Gasteiger partial charge < -0.3 is 14.7 Å². The number of aryl methyl sites for hydroxylation is 1. The third-order valence-electron chi connectivity index (χ3n) is 4.27. The Kier molecular flexibility index (Phi) is 5.41. The molecule has 0 aromatic heterocycles. The van der Waals surface area contributed by atoms with E-state index in [2.05, 4.69) is 6.92 Å². The average Bonchev–Trinajstić information content (AvgIpc) is 2.52. The smallest absolute Gasteiger partial charge is 0.306 e. The molecular weight excluding hydrogens is 282 g/mol. The SMILES string of the molecule is CCc1ccc(OCC(=O)N2CCC(C(=O)O)C(C)C2)cc1. The molecule has 1 fully saturated rings. The van der Waals surface area contributed by atoms with Crippen LogP contribution in [-0.4, -0.2) is 41.6 Å². The molecule has 1 N–H and O–H groups in total. The number of carboxylic acid groups (broad SMARTS) is 1. The van der Waals surface area contributed by atoms with Crippen LogP contribution in [0.15, 0.2) is 24.3 Å². The number of aliphatic carboxylic acids is 1. The summed E-state index contributed by atoms with van der Waals surface area (Å²) in [5, 5.41) is 9.10. The standard InChI is InChI=1S/C17H23NO4/c1-3-13-4-6-14(7-5-13)22-11-16(19)18-9-8-15(17(20)21)12(2)10-18/h4-7,12,15H,3,8-11H2,1-2H3,(H,20,21). The van der Waals surface area contributed by atoms with Crippen molar-refractivity contribution in [3.8, 4) is 5.75 Å². The van der Waals surface area contributed by atoms with Crippen molar-refractivity contribution >= 4 is 11.9 Å². The van der Waals surface area contributed by atoms with Gasteiger partial charge in [-0.15, -0.1) is 0 Å². The number of carbonyl (C=O) groups excluding carboxylic acids is 1. The number of carboxylic acids is 1. The van der Waals surface area contributed by atoms with Crippen molar-refractivity contribution in [2.75, 3.05) is 19.7 Å².